The quantitative estimate of drug-likeness (QED) is 0.200. The van der Waals surface area contributed by atoms with Crippen LogP contribution in [0.2, 0.25) is 0 Å². The van der Waals surface area contributed by atoms with Crippen molar-refractivity contribution in [2.75, 3.05) is 16.8 Å². The van der Waals surface area contributed by atoms with E-state index >= 15 is 0 Å². The molecule has 0 atom stereocenters. The number of hydrogen-bond donors (Lipinski definition) is 4. The van der Waals surface area contributed by atoms with E-state index < -0.39 is 5.97 Å². The monoisotopic (exact) mass is 558 g/mol. The van der Waals surface area contributed by atoms with Crippen molar-refractivity contribution in [3.63, 3.8) is 0 Å². The lowest BCUT2D eigenvalue weighted by Gasteiger charge is -2.34. The van der Waals surface area contributed by atoms with Gasteiger partial charge in [0.25, 0.3) is 0 Å². The van der Waals surface area contributed by atoms with Gasteiger partial charge in [-0.1, -0.05) is 24.3 Å². The number of allylic oxidation sites excluding steroid dienone is 2. The Kier molecular flexibility index (Phi) is 6.88. The predicted molar refractivity (Wildman–Crippen MR) is 167 cm³/mol. The smallest absolute Gasteiger partial charge is 0.335 e. The normalized spacial score (nSPS) is 18.7. The number of benzene rings is 2. The van der Waals surface area contributed by atoms with E-state index in [1.807, 2.05) is 25.1 Å². The molecular weight excluding hydrogens is 524 g/mol. The van der Waals surface area contributed by atoms with Crippen molar-refractivity contribution in [3.05, 3.63) is 87.0 Å². The molecule has 0 spiro atoms. The van der Waals surface area contributed by atoms with Crippen molar-refractivity contribution in [1.29, 1.82) is 0 Å². The van der Waals surface area contributed by atoms with Gasteiger partial charge in [-0.25, -0.2) is 4.79 Å². The summed E-state index contributed by atoms with van der Waals surface area (Å²) in [4.78, 5) is 17.4. The summed E-state index contributed by atoms with van der Waals surface area (Å²) in [5.74, 6) is 1.48. The highest BCUT2D eigenvalue weighted by molar-refractivity contribution is 7.80. The summed E-state index contributed by atoms with van der Waals surface area (Å²) in [6.07, 6.45) is 7.86. The zero-order valence-electron chi connectivity index (χ0n) is 23.1. The van der Waals surface area contributed by atoms with Crippen molar-refractivity contribution < 1.29 is 14.6 Å². The molecule has 0 aliphatic carbocycles. The van der Waals surface area contributed by atoms with Gasteiger partial charge >= 0.3 is 5.97 Å². The number of rotatable bonds is 5. The molecule has 7 heteroatoms. The molecule has 5 rings (SSSR count). The second-order valence-electron chi connectivity index (χ2n) is 11.2. The number of carboxylic acid groups (broad SMARTS) is 1. The molecular formula is C32H34N2O3S2. The maximum absolute atomic E-state index is 12.4. The summed E-state index contributed by atoms with van der Waals surface area (Å²) < 4.78 is 6.59. The van der Waals surface area contributed by atoms with E-state index in [0.717, 1.165) is 49.7 Å². The average Bonchev–Trinajstić information content (AvgIpc) is 2.86. The van der Waals surface area contributed by atoms with Crippen molar-refractivity contribution >= 4 is 53.6 Å². The number of hydrogen-bond acceptors (Lipinski definition) is 6. The summed E-state index contributed by atoms with van der Waals surface area (Å²) in [7, 11) is 0. The van der Waals surface area contributed by atoms with E-state index in [2.05, 4.69) is 82.6 Å². The first-order valence-electron chi connectivity index (χ1n) is 13.1. The number of fused-ring (bicyclic) bond motifs is 4. The Labute approximate surface area is 240 Å². The van der Waals surface area contributed by atoms with E-state index in [-0.39, 0.29) is 16.7 Å². The van der Waals surface area contributed by atoms with Gasteiger partial charge in [0.05, 0.1) is 22.0 Å². The van der Waals surface area contributed by atoms with Gasteiger partial charge in [-0.3, -0.25) is 4.99 Å². The van der Waals surface area contributed by atoms with Crippen LogP contribution in [0.5, 0.6) is 11.5 Å². The first-order valence-corrected chi connectivity index (χ1v) is 14.3. The molecule has 0 aromatic heterocycles. The van der Waals surface area contributed by atoms with Gasteiger partial charge < -0.3 is 15.2 Å². The third-order valence-corrected chi connectivity index (χ3v) is 7.99. The Bertz CT molecular complexity index is 1670. The fourth-order valence-corrected chi connectivity index (χ4v) is 6.34. The minimum atomic E-state index is -0.976. The number of carbonyl (C=O) groups is 1. The second kappa shape index (κ2) is 9.79. The topological polar surface area (TPSA) is 70.9 Å². The first kappa shape index (κ1) is 27.4. The molecule has 202 valence electrons. The maximum Gasteiger partial charge on any atom is 0.335 e. The van der Waals surface area contributed by atoms with Crippen LogP contribution in [0.3, 0.4) is 0 Å². The molecule has 39 heavy (non-hydrogen) atoms. The lowest BCUT2D eigenvalue weighted by atomic mass is 9.83. The molecule has 2 N–H and O–H groups in total. The van der Waals surface area contributed by atoms with Crippen LogP contribution >= 0.6 is 25.3 Å². The zero-order valence-corrected chi connectivity index (χ0v) is 24.9. The summed E-state index contributed by atoms with van der Waals surface area (Å²) >= 11 is 9.24. The highest BCUT2D eigenvalue weighted by atomic mass is 32.1. The number of nitrogens with one attached hydrogen (secondary N) is 1. The van der Waals surface area contributed by atoms with Crippen LogP contribution in [0.15, 0.2) is 64.7 Å². The summed E-state index contributed by atoms with van der Waals surface area (Å²) in [5.41, 5.74) is 7.12. The van der Waals surface area contributed by atoms with Crippen molar-refractivity contribution in [3.8, 4) is 11.5 Å². The molecule has 0 saturated carbocycles. The molecule has 5 nitrogen and oxygen atoms in total. The number of anilines is 1. The molecule has 0 radical (unpaired) electrons. The molecule has 0 saturated heterocycles. The lowest BCUT2D eigenvalue weighted by molar-refractivity contribution is -0.132. The lowest BCUT2D eigenvalue weighted by Crippen LogP contribution is -2.32. The zero-order chi connectivity index (χ0) is 28.3. The van der Waals surface area contributed by atoms with E-state index in [9.17, 15) is 9.90 Å². The van der Waals surface area contributed by atoms with Gasteiger partial charge in [-0.15, -0.1) is 0 Å². The minimum Gasteiger partial charge on any atom is -0.478 e. The van der Waals surface area contributed by atoms with Crippen LogP contribution in [0.4, 0.5) is 5.69 Å². The molecule has 2 aromatic rings. The fraction of sp³-hybridized carbons (Fsp3) is 0.312. The van der Waals surface area contributed by atoms with Crippen LogP contribution in [-0.2, 0) is 4.79 Å². The Morgan fingerprint density at radius 2 is 1.64 bits per heavy atom. The van der Waals surface area contributed by atoms with E-state index in [4.69, 9.17) is 9.73 Å². The summed E-state index contributed by atoms with van der Waals surface area (Å²) in [5, 5.41) is 15.4. The van der Waals surface area contributed by atoms with Gasteiger partial charge in [-0.2, -0.15) is 25.3 Å². The largest absolute Gasteiger partial charge is 0.478 e. The van der Waals surface area contributed by atoms with Crippen molar-refractivity contribution in [2.24, 2.45) is 4.99 Å². The molecule has 0 fully saturated rings. The van der Waals surface area contributed by atoms with Crippen LogP contribution < -0.4 is 20.6 Å². The summed E-state index contributed by atoms with van der Waals surface area (Å²) in [6, 6.07) is 8.19. The third-order valence-electron chi connectivity index (χ3n) is 7.30. The van der Waals surface area contributed by atoms with Gasteiger partial charge in [0.2, 0.25) is 0 Å². The molecule has 0 bridgehead atoms. The van der Waals surface area contributed by atoms with Crippen molar-refractivity contribution in [2.45, 2.75) is 52.6 Å². The number of carboxylic acids is 1. The van der Waals surface area contributed by atoms with Gasteiger partial charge in [-0.05, 0) is 70.4 Å². The Morgan fingerprint density at radius 1 is 0.949 bits per heavy atom. The standard InChI is InChI=1S/C32H34N2O3S2/c1-7-19(20(8-2)30(35)36)29-23-9-21-17(15-38)13-31(3,4)33-25(21)11-27(23)37-28-12-26-22(10-24(28)29)18(16-39)14-32(5,6)34-26/h7-14,33,38-39H,15-16H2,1-6H3,(H,35,36)/b19-7+,20-8+. The number of ether oxygens (including phenoxy) is 1. The highest BCUT2D eigenvalue weighted by Crippen LogP contribution is 2.45. The van der Waals surface area contributed by atoms with Gasteiger partial charge in [0.15, 0.2) is 0 Å². The van der Waals surface area contributed by atoms with Crippen LogP contribution in [0, 0.1) is 0 Å². The average molecular weight is 559 g/mol. The van der Waals surface area contributed by atoms with E-state index in [1.165, 1.54) is 0 Å². The SMILES string of the molecule is C/C=C(C1=c2cc3c(cc2Oc2cc4c(cc21)C(CS)=CC(C)(C)N4)=NC(C)(C)C=C3CS)\C(=C/C)C(=O)O. The minimum absolute atomic E-state index is 0.238. The van der Waals surface area contributed by atoms with E-state index in [0.29, 0.717) is 28.6 Å². The second-order valence-corrected chi connectivity index (χ2v) is 11.8. The van der Waals surface area contributed by atoms with Gasteiger partial charge in [0.1, 0.15) is 11.5 Å². The Hall–Kier alpha value is -3.16. The Balaban J connectivity index is 1.91. The van der Waals surface area contributed by atoms with Gasteiger partial charge in [0, 0.05) is 56.8 Å². The van der Waals surface area contributed by atoms with Crippen molar-refractivity contribution in [1.82, 2.24) is 0 Å². The number of aliphatic carboxylic acids is 1. The maximum atomic E-state index is 12.4. The number of nitrogens with zero attached hydrogens (tertiary/aromatic N) is 1. The molecule has 3 aliphatic rings. The molecule has 3 aliphatic heterocycles. The van der Waals surface area contributed by atoms with E-state index in [1.54, 1.807) is 13.0 Å². The Morgan fingerprint density at radius 3 is 2.26 bits per heavy atom. The number of thiol groups is 2. The highest BCUT2D eigenvalue weighted by Gasteiger charge is 2.31. The fourth-order valence-electron chi connectivity index (χ4n) is 5.81. The molecule has 0 amide bonds. The molecule has 3 heterocycles. The third kappa shape index (κ3) is 4.76. The van der Waals surface area contributed by atoms with Crippen LogP contribution in [0.1, 0.15) is 58.2 Å². The van der Waals surface area contributed by atoms with Crippen LogP contribution in [0.25, 0.3) is 16.7 Å². The predicted octanol–water partition coefficient (Wildman–Crippen LogP) is 6.21. The van der Waals surface area contributed by atoms with Crippen LogP contribution in [-0.4, -0.2) is 33.7 Å². The summed E-state index contributed by atoms with van der Waals surface area (Å²) in [6.45, 7) is 12.0. The molecule has 0 unspecified atom stereocenters. The first-order chi connectivity index (χ1) is 18.4. The molecule has 2 aromatic carbocycles.